The molecule has 8 heteroatoms. The molecular weight excluding hydrogens is 506 g/mol. The molecule has 2 aliphatic rings. The molecule has 0 radical (unpaired) electrons. The van der Waals surface area contributed by atoms with Crippen LogP contribution >= 0.6 is 46.4 Å². The van der Waals surface area contributed by atoms with Crippen molar-refractivity contribution in [1.82, 2.24) is 0 Å². The molecule has 0 fully saturated rings. The maximum Gasteiger partial charge on any atom is 0.199 e. The van der Waals surface area contributed by atoms with Crippen molar-refractivity contribution in [3.8, 4) is 11.5 Å². The van der Waals surface area contributed by atoms with Crippen molar-refractivity contribution >= 4 is 58.0 Å². The van der Waals surface area contributed by atoms with Crippen LogP contribution < -0.4 is 4.74 Å². The first-order chi connectivity index (χ1) is 15.6. The molecule has 0 spiro atoms. The molecule has 33 heavy (non-hydrogen) atoms. The Bertz CT molecular complexity index is 1220. The first-order valence-electron chi connectivity index (χ1n) is 10.00. The zero-order chi connectivity index (χ0) is 24.0. The molecule has 0 aromatic heterocycles. The summed E-state index contributed by atoms with van der Waals surface area (Å²) in [7, 11) is 0. The summed E-state index contributed by atoms with van der Waals surface area (Å²) >= 11 is 25.8. The van der Waals surface area contributed by atoms with Crippen molar-refractivity contribution in [2.45, 2.75) is 28.7 Å². The number of halogens is 4. The van der Waals surface area contributed by atoms with E-state index in [4.69, 9.17) is 51.1 Å². The zero-order valence-corrected chi connectivity index (χ0v) is 20.2. The van der Waals surface area contributed by atoms with Gasteiger partial charge in [0.05, 0.1) is 0 Å². The molecule has 2 aliphatic carbocycles. The summed E-state index contributed by atoms with van der Waals surface area (Å²) in [6.45, 7) is 4.10. The highest BCUT2D eigenvalue weighted by Gasteiger charge is 2.68. The van der Waals surface area contributed by atoms with Crippen LogP contribution in [-0.2, 0) is 16.2 Å². The molecule has 0 amide bonds. The molecule has 3 atom stereocenters. The van der Waals surface area contributed by atoms with E-state index in [9.17, 15) is 14.7 Å². The number of carbonyl (C=O) groups excluding carboxylic acids is 2. The molecule has 0 aliphatic heterocycles. The van der Waals surface area contributed by atoms with Crippen molar-refractivity contribution in [3.05, 3.63) is 94.0 Å². The third kappa shape index (κ3) is 3.70. The maximum absolute atomic E-state index is 13.3. The van der Waals surface area contributed by atoms with Crippen LogP contribution in [0.5, 0.6) is 11.5 Å². The Balaban J connectivity index is 1.77. The molecule has 0 heterocycles. The SMILES string of the molecule is C=CC1=CCC2(Cl)C(=O)C(Cl)=C(Cl)C(=O)C2(Cl)C1c1ccc(OCc2ccccc2)cc1O. The Morgan fingerprint density at radius 3 is 2.36 bits per heavy atom. The van der Waals surface area contributed by atoms with Gasteiger partial charge in [-0.05, 0) is 23.6 Å². The van der Waals surface area contributed by atoms with Gasteiger partial charge in [-0.2, -0.15) is 0 Å². The normalized spacial score (nSPS) is 27.2. The third-order valence-electron chi connectivity index (χ3n) is 6.01. The minimum absolute atomic E-state index is 0.0557. The molecule has 170 valence electrons. The maximum atomic E-state index is 13.3. The number of aromatic hydroxyl groups is 1. The largest absolute Gasteiger partial charge is 0.508 e. The van der Waals surface area contributed by atoms with E-state index in [-0.39, 0.29) is 17.7 Å². The van der Waals surface area contributed by atoms with Crippen molar-refractivity contribution in [1.29, 1.82) is 0 Å². The van der Waals surface area contributed by atoms with E-state index in [0.717, 1.165) is 5.56 Å². The van der Waals surface area contributed by atoms with Gasteiger partial charge in [0.25, 0.3) is 0 Å². The van der Waals surface area contributed by atoms with Crippen molar-refractivity contribution in [2.75, 3.05) is 0 Å². The summed E-state index contributed by atoms with van der Waals surface area (Å²) in [5, 5.41) is 9.97. The molecule has 4 nitrogen and oxygen atoms in total. The van der Waals surface area contributed by atoms with Gasteiger partial charge in [-0.1, -0.05) is 78.3 Å². The van der Waals surface area contributed by atoms with Gasteiger partial charge in [-0.15, -0.1) is 23.2 Å². The average molecular weight is 524 g/mol. The number of ketones is 2. The summed E-state index contributed by atoms with van der Waals surface area (Å²) < 4.78 is 5.77. The number of allylic oxidation sites excluding steroid dienone is 5. The highest BCUT2D eigenvalue weighted by Crippen LogP contribution is 2.60. The second kappa shape index (κ2) is 8.84. The number of benzene rings is 2. The van der Waals surface area contributed by atoms with Crippen molar-refractivity contribution < 1.29 is 19.4 Å². The van der Waals surface area contributed by atoms with Crippen LogP contribution in [0.15, 0.2) is 82.9 Å². The van der Waals surface area contributed by atoms with Crippen LogP contribution in [-0.4, -0.2) is 26.4 Å². The topological polar surface area (TPSA) is 63.6 Å². The summed E-state index contributed by atoms with van der Waals surface area (Å²) in [6.07, 6.45) is 3.12. The second-order valence-electron chi connectivity index (χ2n) is 7.84. The number of hydrogen-bond acceptors (Lipinski definition) is 4. The number of rotatable bonds is 5. The van der Waals surface area contributed by atoms with Gasteiger partial charge < -0.3 is 9.84 Å². The first-order valence-corrected chi connectivity index (χ1v) is 11.5. The highest BCUT2D eigenvalue weighted by atomic mass is 35.5. The lowest BCUT2D eigenvalue weighted by molar-refractivity contribution is -0.127. The standard InChI is InChI=1S/C25H18Cl4O4/c1-2-15-10-11-24(28)22(31)20(26)21(27)23(32)25(24,29)19(15)17-9-8-16(12-18(17)30)33-13-14-6-4-3-5-7-14/h2-10,12,19,30H,1,11,13H2. The van der Waals surface area contributed by atoms with E-state index >= 15 is 0 Å². The minimum atomic E-state index is -2.02. The summed E-state index contributed by atoms with van der Waals surface area (Å²) in [5.74, 6) is -2.31. The number of carbonyl (C=O) groups is 2. The summed E-state index contributed by atoms with van der Waals surface area (Å²) in [4.78, 5) is 22.4. The molecule has 2 aromatic rings. The lowest BCUT2D eigenvalue weighted by Crippen LogP contribution is -2.64. The Labute approximate surface area is 211 Å². The van der Waals surface area contributed by atoms with Crippen LogP contribution in [0.1, 0.15) is 23.5 Å². The van der Waals surface area contributed by atoms with Gasteiger partial charge in [-0.25, -0.2) is 0 Å². The lowest BCUT2D eigenvalue weighted by atomic mass is 9.62. The minimum Gasteiger partial charge on any atom is -0.508 e. The van der Waals surface area contributed by atoms with Crippen molar-refractivity contribution in [3.63, 3.8) is 0 Å². The van der Waals surface area contributed by atoms with Gasteiger partial charge in [0.15, 0.2) is 11.6 Å². The Morgan fingerprint density at radius 2 is 1.73 bits per heavy atom. The Morgan fingerprint density at radius 1 is 1.06 bits per heavy atom. The fourth-order valence-electron chi connectivity index (χ4n) is 4.28. The molecule has 3 unspecified atom stereocenters. The van der Waals surface area contributed by atoms with Crippen LogP contribution in [0.4, 0.5) is 0 Å². The molecule has 0 bridgehead atoms. The number of fused-ring (bicyclic) bond motifs is 1. The fourth-order valence-corrected chi connectivity index (χ4v) is 5.72. The van der Waals surface area contributed by atoms with Crippen LogP contribution in [0.25, 0.3) is 0 Å². The van der Waals surface area contributed by atoms with Crippen LogP contribution in [0, 0.1) is 0 Å². The quantitative estimate of drug-likeness (QED) is 0.462. The number of phenolic OH excluding ortho intramolecular Hbond substituents is 1. The number of ether oxygens (including phenoxy) is 1. The number of hydrogen-bond donors (Lipinski definition) is 1. The second-order valence-corrected chi connectivity index (χ2v) is 9.84. The zero-order valence-electron chi connectivity index (χ0n) is 17.2. The van der Waals surface area contributed by atoms with E-state index in [1.807, 2.05) is 30.3 Å². The van der Waals surface area contributed by atoms with E-state index in [1.54, 1.807) is 18.2 Å². The predicted molar refractivity (Wildman–Crippen MR) is 130 cm³/mol. The first kappa shape index (κ1) is 23.9. The summed E-state index contributed by atoms with van der Waals surface area (Å²) in [5.41, 5.74) is 1.76. The number of alkyl halides is 2. The number of Topliss-reactive ketones (excluding diaryl/α,β-unsaturated/α-hetero) is 2. The van der Waals surface area contributed by atoms with Gasteiger partial charge in [-0.3, -0.25) is 9.59 Å². The highest BCUT2D eigenvalue weighted by molar-refractivity contribution is 6.66. The number of phenols is 1. The van der Waals surface area contributed by atoms with Crippen LogP contribution in [0.2, 0.25) is 0 Å². The van der Waals surface area contributed by atoms with Gasteiger partial charge in [0.2, 0.25) is 0 Å². The molecular formula is C25H18Cl4O4. The van der Waals surface area contributed by atoms with Gasteiger partial charge in [0.1, 0.15) is 37.9 Å². The monoisotopic (exact) mass is 522 g/mol. The summed E-state index contributed by atoms with van der Waals surface area (Å²) in [6, 6.07) is 14.2. The van der Waals surface area contributed by atoms with Crippen molar-refractivity contribution in [2.24, 2.45) is 0 Å². The fraction of sp³-hybridized carbons (Fsp3) is 0.200. The smallest absolute Gasteiger partial charge is 0.199 e. The molecule has 1 N–H and O–H groups in total. The van der Waals surface area contributed by atoms with E-state index in [2.05, 4.69) is 6.58 Å². The molecule has 0 saturated carbocycles. The Kier molecular flexibility index (Phi) is 6.41. The van der Waals surface area contributed by atoms with E-state index in [1.165, 1.54) is 12.1 Å². The van der Waals surface area contributed by atoms with E-state index in [0.29, 0.717) is 17.9 Å². The van der Waals surface area contributed by atoms with Crippen LogP contribution in [0.3, 0.4) is 0 Å². The molecule has 2 aromatic carbocycles. The van der Waals surface area contributed by atoms with Gasteiger partial charge >= 0.3 is 0 Å². The third-order valence-corrected chi connectivity index (χ3v) is 8.26. The predicted octanol–water partition coefficient (Wildman–Crippen LogP) is 6.37. The molecule has 0 saturated heterocycles. The lowest BCUT2D eigenvalue weighted by Gasteiger charge is -2.50. The Hall–Kier alpha value is -2.24. The average Bonchev–Trinajstić information content (AvgIpc) is 2.82. The van der Waals surface area contributed by atoms with Gasteiger partial charge in [0, 0.05) is 17.5 Å². The molecule has 4 rings (SSSR count). The van der Waals surface area contributed by atoms with E-state index < -0.39 is 37.3 Å².